The standard InChI is InChI=1S/C16H25N5O2.2ClH/c1-3-9-21(12-8-17)16(23)13-6-10-20(11-7-13)14-4-5-15(22)19(2)18-14;;/h3-5,13H,1,6-12,17H2,2H3;2*1H. The fourth-order valence-electron chi connectivity index (χ4n) is 2.88. The summed E-state index contributed by atoms with van der Waals surface area (Å²) in [6.45, 7) is 6.77. The van der Waals surface area contributed by atoms with Gasteiger partial charge in [0.05, 0.1) is 0 Å². The van der Waals surface area contributed by atoms with E-state index in [9.17, 15) is 9.59 Å². The lowest BCUT2D eigenvalue weighted by Crippen LogP contribution is -2.44. The first-order valence-corrected chi connectivity index (χ1v) is 7.96. The third-order valence-corrected chi connectivity index (χ3v) is 4.17. The number of halogens is 2. The van der Waals surface area contributed by atoms with Gasteiger partial charge < -0.3 is 15.5 Å². The first-order valence-electron chi connectivity index (χ1n) is 7.96. The second kappa shape index (κ2) is 11.1. The average molecular weight is 392 g/mol. The summed E-state index contributed by atoms with van der Waals surface area (Å²) in [5.74, 6) is 0.955. The van der Waals surface area contributed by atoms with Crippen LogP contribution in [0.2, 0.25) is 0 Å². The van der Waals surface area contributed by atoms with E-state index in [1.54, 1.807) is 24.1 Å². The molecule has 0 bridgehead atoms. The highest BCUT2D eigenvalue weighted by atomic mass is 35.5. The van der Waals surface area contributed by atoms with Crippen molar-refractivity contribution < 1.29 is 4.79 Å². The predicted octanol–water partition coefficient (Wildman–Crippen LogP) is 0.814. The van der Waals surface area contributed by atoms with Gasteiger partial charge in [-0.2, -0.15) is 5.10 Å². The highest BCUT2D eigenvalue weighted by Crippen LogP contribution is 2.22. The van der Waals surface area contributed by atoms with Crippen LogP contribution in [0.1, 0.15) is 12.8 Å². The fraction of sp³-hybridized carbons (Fsp3) is 0.562. The molecular formula is C16H27Cl2N5O2. The number of carbonyl (C=O) groups is 1. The Balaban J connectivity index is 0.00000288. The molecule has 0 aromatic carbocycles. The monoisotopic (exact) mass is 391 g/mol. The molecule has 2 rings (SSSR count). The number of aromatic nitrogens is 2. The molecule has 1 aliphatic heterocycles. The summed E-state index contributed by atoms with van der Waals surface area (Å²) < 4.78 is 1.33. The van der Waals surface area contributed by atoms with E-state index in [-0.39, 0.29) is 42.2 Å². The van der Waals surface area contributed by atoms with Crippen molar-refractivity contribution in [3.63, 3.8) is 0 Å². The summed E-state index contributed by atoms with van der Waals surface area (Å²) in [6, 6.07) is 3.26. The smallest absolute Gasteiger partial charge is 0.266 e. The second-order valence-electron chi connectivity index (χ2n) is 5.78. The first-order chi connectivity index (χ1) is 11.1. The van der Waals surface area contributed by atoms with Crippen molar-refractivity contribution in [3.8, 4) is 0 Å². The molecule has 1 aliphatic rings. The molecule has 0 radical (unpaired) electrons. The molecule has 1 amide bonds. The summed E-state index contributed by atoms with van der Waals surface area (Å²) in [4.78, 5) is 27.9. The van der Waals surface area contributed by atoms with Crippen molar-refractivity contribution in [2.75, 3.05) is 37.6 Å². The van der Waals surface area contributed by atoms with E-state index in [4.69, 9.17) is 5.73 Å². The second-order valence-corrected chi connectivity index (χ2v) is 5.78. The summed E-state index contributed by atoms with van der Waals surface area (Å²) in [5.41, 5.74) is 5.45. The lowest BCUT2D eigenvalue weighted by Gasteiger charge is -2.34. The van der Waals surface area contributed by atoms with E-state index in [0.29, 0.717) is 19.6 Å². The van der Waals surface area contributed by atoms with Gasteiger partial charge in [-0.15, -0.1) is 31.4 Å². The van der Waals surface area contributed by atoms with Crippen LogP contribution in [0.25, 0.3) is 0 Å². The lowest BCUT2D eigenvalue weighted by molar-refractivity contribution is -0.135. The minimum absolute atomic E-state index is 0. The molecule has 1 saturated heterocycles. The summed E-state index contributed by atoms with van der Waals surface area (Å²) in [7, 11) is 1.64. The summed E-state index contributed by atoms with van der Waals surface area (Å²) in [6.07, 6.45) is 3.29. The van der Waals surface area contributed by atoms with Crippen LogP contribution < -0.4 is 16.2 Å². The molecule has 0 atom stereocenters. The number of carbonyl (C=O) groups excluding carboxylic acids is 1. The van der Waals surface area contributed by atoms with Gasteiger partial charge in [-0.25, -0.2) is 4.68 Å². The number of aryl methyl sites for hydroxylation is 1. The van der Waals surface area contributed by atoms with Gasteiger partial charge in [0.25, 0.3) is 5.56 Å². The quantitative estimate of drug-likeness (QED) is 0.725. The zero-order valence-corrected chi connectivity index (χ0v) is 16.1. The summed E-state index contributed by atoms with van der Waals surface area (Å²) >= 11 is 0. The van der Waals surface area contributed by atoms with Gasteiger partial charge >= 0.3 is 0 Å². The van der Waals surface area contributed by atoms with E-state index in [0.717, 1.165) is 31.7 Å². The molecule has 142 valence electrons. The first kappa shape index (κ1) is 23.4. The molecule has 0 unspecified atom stereocenters. The Kier molecular flexibility index (Phi) is 10.4. The van der Waals surface area contributed by atoms with Crippen molar-refractivity contribution in [2.24, 2.45) is 18.7 Å². The molecule has 2 N–H and O–H groups in total. The molecule has 2 heterocycles. The molecular weight excluding hydrogens is 365 g/mol. The van der Waals surface area contributed by atoms with Crippen molar-refractivity contribution in [3.05, 3.63) is 35.1 Å². The van der Waals surface area contributed by atoms with Crippen molar-refractivity contribution in [1.29, 1.82) is 0 Å². The third kappa shape index (κ3) is 6.02. The van der Waals surface area contributed by atoms with Crippen molar-refractivity contribution in [1.82, 2.24) is 14.7 Å². The molecule has 9 heteroatoms. The van der Waals surface area contributed by atoms with Crippen molar-refractivity contribution >= 4 is 36.5 Å². The van der Waals surface area contributed by atoms with Crippen LogP contribution in [-0.4, -0.2) is 53.3 Å². The van der Waals surface area contributed by atoms with E-state index < -0.39 is 0 Å². The van der Waals surface area contributed by atoms with Gasteiger partial charge in [-0.05, 0) is 18.9 Å². The van der Waals surface area contributed by atoms with Gasteiger partial charge in [-0.3, -0.25) is 9.59 Å². The molecule has 0 aliphatic carbocycles. The maximum Gasteiger partial charge on any atom is 0.266 e. The summed E-state index contributed by atoms with van der Waals surface area (Å²) in [5, 5.41) is 4.27. The Bertz CT molecular complexity index is 615. The third-order valence-electron chi connectivity index (χ3n) is 4.17. The van der Waals surface area contributed by atoms with Gasteiger partial charge in [0, 0.05) is 51.8 Å². The fourth-order valence-corrected chi connectivity index (χ4v) is 2.88. The Morgan fingerprint density at radius 3 is 2.56 bits per heavy atom. The van der Waals surface area contributed by atoms with E-state index >= 15 is 0 Å². The molecule has 1 aromatic heterocycles. The Morgan fingerprint density at radius 1 is 1.40 bits per heavy atom. The number of piperidine rings is 1. The molecule has 0 spiro atoms. The number of hydrogen-bond acceptors (Lipinski definition) is 5. The number of rotatable bonds is 6. The molecule has 7 nitrogen and oxygen atoms in total. The van der Waals surface area contributed by atoms with Crippen LogP contribution in [0.3, 0.4) is 0 Å². The Hall–Kier alpha value is -1.57. The SMILES string of the molecule is C=CCN(CCN)C(=O)C1CCN(c2ccc(=O)n(C)n2)CC1.Cl.Cl. The van der Waals surface area contributed by atoms with Crippen LogP contribution in [0, 0.1) is 5.92 Å². The van der Waals surface area contributed by atoms with Crippen LogP contribution in [-0.2, 0) is 11.8 Å². The van der Waals surface area contributed by atoms with Crippen LogP contribution in [0.5, 0.6) is 0 Å². The van der Waals surface area contributed by atoms with Gasteiger partial charge in [0.1, 0.15) is 5.82 Å². The number of nitrogens with two attached hydrogens (primary N) is 1. The minimum atomic E-state index is -0.124. The Labute approximate surface area is 160 Å². The van der Waals surface area contributed by atoms with E-state index in [1.807, 2.05) is 0 Å². The number of nitrogens with zero attached hydrogens (tertiary/aromatic N) is 4. The highest BCUT2D eigenvalue weighted by Gasteiger charge is 2.28. The van der Waals surface area contributed by atoms with Crippen molar-refractivity contribution in [2.45, 2.75) is 12.8 Å². The topological polar surface area (TPSA) is 84.5 Å². The number of anilines is 1. The molecule has 1 fully saturated rings. The zero-order chi connectivity index (χ0) is 16.8. The molecule has 0 saturated carbocycles. The zero-order valence-electron chi connectivity index (χ0n) is 14.5. The maximum atomic E-state index is 12.6. The van der Waals surface area contributed by atoms with Gasteiger partial charge in [-0.1, -0.05) is 6.08 Å². The largest absolute Gasteiger partial charge is 0.355 e. The molecule has 1 aromatic rings. The highest BCUT2D eigenvalue weighted by molar-refractivity contribution is 5.85. The number of amides is 1. The molecule has 25 heavy (non-hydrogen) atoms. The average Bonchev–Trinajstić information content (AvgIpc) is 2.57. The van der Waals surface area contributed by atoms with E-state index in [1.165, 1.54) is 10.7 Å². The normalized spacial score (nSPS) is 14.2. The van der Waals surface area contributed by atoms with E-state index in [2.05, 4.69) is 16.6 Å². The maximum absolute atomic E-state index is 12.6. The minimum Gasteiger partial charge on any atom is -0.355 e. The van der Waals surface area contributed by atoms with Gasteiger partial charge in [0.15, 0.2) is 0 Å². The Morgan fingerprint density at radius 2 is 2.04 bits per heavy atom. The van der Waals surface area contributed by atoms with Gasteiger partial charge in [0.2, 0.25) is 5.91 Å². The lowest BCUT2D eigenvalue weighted by atomic mass is 9.95. The van der Waals surface area contributed by atoms with Crippen LogP contribution in [0.4, 0.5) is 5.82 Å². The van der Waals surface area contributed by atoms with Crippen LogP contribution >= 0.6 is 24.8 Å². The predicted molar refractivity (Wildman–Crippen MR) is 105 cm³/mol. The van der Waals surface area contributed by atoms with Crippen LogP contribution in [0.15, 0.2) is 29.6 Å². The number of hydrogen-bond donors (Lipinski definition) is 1.